The van der Waals surface area contributed by atoms with E-state index in [4.69, 9.17) is 4.98 Å². The van der Waals surface area contributed by atoms with Gasteiger partial charge >= 0.3 is 0 Å². The van der Waals surface area contributed by atoms with E-state index in [0.717, 1.165) is 12.2 Å². The molecule has 20 heavy (non-hydrogen) atoms. The van der Waals surface area contributed by atoms with Crippen LogP contribution in [0, 0.1) is 0 Å². The van der Waals surface area contributed by atoms with E-state index < -0.39 is 0 Å². The molecule has 1 fully saturated rings. The van der Waals surface area contributed by atoms with E-state index in [9.17, 15) is 0 Å². The van der Waals surface area contributed by atoms with Gasteiger partial charge in [0.15, 0.2) is 5.82 Å². The molecule has 0 bridgehead atoms. The smallest absolute Gasteiger partial charge is 0.152 e. The summed E-state index contributed by atoms with van der Waals surface area (Å²) in [6.45, 7) is 5.45. The zero-order valence-corrected chi connectivity index (χ0v) is 12.6. The standard InChI is InChI=1S/C16H24N4/c1-4-13-9-8-12(2)20(13)16-14(11-17-3)19-10-6-5-7-15(19)18-16/h5-7,10,12-13,17H,4,8-9,11H2,1-3H3. The quantitative estimate of drug-likeness (QED) is 0.929. The van der Waals surface area contributed by atoms with E-state index in [2.05, 4.69) is 52.9 Å². The van der Waals surface area contributed by atoms with Gasteiger partial charge in [-0.15, -0.1) is 0 Å². The van der Waals surface area contributed by atoms with E-state index in [-0.39, 0.29) is 0 Å². The Hall–Kier alpha value is -1.55. The molecule has 0 radical (unpaired) electrons. The van der Waals surface area contributed by atoms with Crippen molar-refractivity contribution in [1.82, 2.24) is 14.7 Å². The van der Waals surface area contributed by atoms with Gasteiger partial charge < -0.3 is 14.6 Å². The predicted molar refractivity (Wildman–Crippen MR) is 83.2 cm³/mol. The van der Waals surface area contributed by atoms with Crippen LogP contribution in [0.2, 0.25) is 0 Å². The fourth-order valence-electron chi connectivity index (χ4n) is 3.43. The number of nitrogens with one attached hydrogen (secondary N) is 1. The van der Waals surface area contributed by atoms with E-state index in [0.29, 0.717) is 12.1 Å². The minimum absolute atomic E-state index is 0.584. The van der Waals surface area contributed by atoms with Crippen molar-refractivity contribution in [3.05, 3.63) is 30.1 Å². The first-order valence-corrected chi connectivity index (χ1v) is 7.65. The van der Waals surface area contributed by atoms with Crippen molar-refractivity contribution >= 4 is 11.5 Å². The molecule has 0 spiro atoms. The number of hydrogen-bond donors (Lipinski definition) is 1. The third-order valence-electron chi connectivity index (χ3n) is 4.45. The van der Waals surface area contributed by atoms with Gasteiger partial charge in [-0.3, -0.25) is 0 Å². The monoisotopic (exact) mass is 272 g/mol. The number of imidazole rings is 1. The van der Waals surface area contributed by atoms with E-state index in [1.807, 2.05) is 7.05 Å². The highest BCUT2D eigenvalue weighted by Gasteiger charge is 2.32. The Morgan fingerprint density at radius 3 is 2.95 bits per heavy atom. The van der Waals surface area contributed by atoms with Gasteiger partial charge in [-0.2, -0.15) is 0 Å². The second-order valence-electron chi connectivity index (χ2n) is 5.74. The first-order chi connectivity index (χ1) is 9.76. The lowest BCUT2D eigenvalue weighted by Crippen LogP contribution is -2.35. The molecule has 1 aliphatic heterocycles. The van der Waals surface area contributed by atoms with Gasteiger partial charge in [0.05, 0.1) is 5.69 Å². The molecule has 3 heterocycles. The molecule has 2 aromatic heterocycles. The summed E-state index contributed by atoms with van der Waals surface area (Å²) < 4.78 is 2.21. The van der Waals surface area contributed by atoms with Crippen molar-refractivity contribution in [3.63, 3.8) is 0 Å². The largest absolute Gasteiger partial charge is 0.349 e. The summed E-state index contributed by atoms with van der Waals surface area (Å²) >= 11 is 0. The van der Waals surface area contributed by atoms with Crippen molar-refractivity contribution in [3.8, 4) is 0 Å². The van der Waals surface area contributed by atoms with Crippen LogP contribution < -0.4 is 10.2 Å². The lowest BCUT2D eigenvalue weighted by atomic mass is 10.1. The molecule has 4 heteroatoms. The maximum atomic E-state index is 4.91. The van der Waals surface area contributed by atoms with Gasteiger partial charge in [0.25, 0.3) is 0 Å². The van der Waals surface area contributed by atoms with Gasteiger partial charge in [-0.1, -0.05) is 13.0 Å². The molecule has 3 rings (SSSR count). The number of rotatable bonds is 4. The van der Waals surface area contributed by atoms with Crippen LogP contribution in [0.1, 0.15) is 38.8 Å². The molecule has 1 saturated heterocycles. The van der Waals surface area contributed by atoms with E-state index in [1.165, 1.54) is 30.8 Å². The highest BCUT2D eigenvalue weighted by atomic mass is 15.3. The fourth-order valence-corrected chi connectivity index (χ4v) is 3.43. The number of pyridine rings is 1. The molecule has 1 N–H and O–H groups in total. The van der Waals surface area contributed by atoms with Crippen molar-refractivity contribution < 1.29 is 0 Å². The molecule has 0 aromatic carbocycles. The zero-order chi connectivity index (χ0) is 14.1. The Bertz CT molecular complexity index is 589. The number of anilines is 1. The van der Waals surface area contributed by atoms with Crippen LogP contribution in [0.15, 0.2) is 24.4 Å². The molecule has 2 aromatic rings. The van der Waals surface area contributed by atoms with Gasteiger partial charge in [0.1, 0.15) is 5.65 Å². The molecule has 4 nitrogen and oxygen atoms in total. The Kier molecular flexibility index (Phi) is 3.66. The normalized spacial score (nSPS) is 22.9. The second kappa shape index (κ2) is 5.44. The third-order valence-corrected chi connectivity index (χ3v) is 4.45. The second-order valence-corrected chi connectivity index (χ2v) is 5.74. The van der Waals surface area contributed by atoms with Crippen LogP contribution >= 0.6 is 0 Å². The summed E-state index contributed by atoms with van der Waals surface area (Å²) in [6.07, 6.45) is 5.85. The highest BCUT2D eigenvalue weighted by Crippen LogP contribution is 2.34. The number of aromatic nitrogens is 2. The highest BCUT2D eigenvalue weighted by molar-refractivity contribution is 5.57. The Balaban J connectivity index is 2.12. The summed E-state index contributed by atoms with van der Waals surface area (Å²) in [5, 5.41) is 3.29. The summed E-state index contributed by atoms with van der Waals surface area (Å²) in [4.78, 5) is 7.45. The summed E-state index contributed by atoms with van der Waals surface area (Å²) in [5.74, 6) is 1.17. The van der Waals surface area contributed by atoms with Crippen molar-refractivity contribution in [2.75, 3.05) is 11.9 Å². The van der Waals surface area contributed by atoms with Gasteiger partial charge in [-0.25, -0.2) is 4.98 Å². The minimum atomic E-state index is 0.584. The van der Waals surface area contributed by atoms with Crippen LogP contribution in [0.4, 0.5) is 5.82 Å². The molecule has 1 aliphatic rings. The van der Waals surface area contributed by atoms with E-state index in [1.54, 1.807) is 0 Å². The van der Waals surface area contributed by atoms with Crippen LogP contribution in [0.5, 0.6) is 0 Å². The maximum absolute atomic E-state index is 4.91. The topological polar surface area (TPSA) is 32.6 Å². The van der Waals surface area contributed by atoms with Crippen LogP contribution in [-0.4, -0.2) is 28.5 Å². The lowest BCUT2D eigenvalue weighted by molar-refractivity contribution is 0.617. The Morgan fingerprint density at radius 2 is 2.20 bits per heavy atom. The van der Waals surface area contributed by atoms with Crippen molar-refractivity contribution in [2.24, 2.45) is 0 Å². The average molecular weight is 272 g/mol. The average Bonchev–Trinajstić information content (AvgIpc) is 3.00. The lowest BCUT2D eigenvalue weighted by Gasteiger charge is -2.29. The molecular weight excluding hydrogens is 248 g/mol. The number of nitrogens with zero attached hydrogens (tertiary/aromatic N) is 3. The minimum Gasteiger partial charge on any atom is -0.349 e. The van der Waals surface area contributed by atoms with Crippen molar-refractivity contribution in [2.45, 2.75) is 51.7 Å². The summed E-state index contributed by atoms with van der Waals surface area (Å²) in [6, 6.07) is 7.43. The van der Waals surface area contributed by atoms with Crippen LogP contribution in [0.25, 0.3) is 5.65 Å². The molecule has 108 valence electrons. The third kappa shape index (κ3) is 2.08. The Morgan fingerprint density at radius 1 is 1.35 bits per heavy atom. The SMILES string of the molecule is CCC1CCC(C)N1c1nc2ccccn2c1CNC. The van der Waals surface area contributed by atoms with E-state index >= 15 is 0 Å². The fraction of sp³-hybridized carbons (Fsp3) is 0.562. The molecule has 0 amide bonds. The predicted octanol–water partition coefficient (Wildman–Crippen LogP) is 2.82. The number of hydrogen-bond acceptors (Lipinski definition) is 3. The van der Waals surface area contributed by atoms with Gasteiger partial charge in [0.2, 0.25) is 0 Å². The summed E-state index contributed by atoms with van der Waals surface area (Å²) in [5.41, 5.74) is 2.32. The van der Waals surface area contributed by atoms with Crippen LogP contribution in [0.3, 0.4) is 0 Å². The molecule has 2 unspecified atom stereocenters. The first-order valence-electron chi connectivity index (χ1n) is 7.65. The Labute approximate surface area is 120 Å². The molecule has 0 saturated carbocycles. The van der Waals surface area contributed by atoms with Crippen molar-refractivity contribution in [1.29, 1.82) is 0 Å². The maximum Gasteiger partial charge on any atom is 0.152 e. The molecule has 0 aliphatic carbocycles. The van der Waals surface area contributed by atoms with Crippen LogP contribution in [-0.2, 0) is 6.54 Å². The molecular formula is C16H24N4. The van der Waals surface area contributed by atoms with Gasteiger partial charge in [0, 0.05) is 24.8 Å². The first kappa shape index (κ1) is 13.4. The molecule has 2 atom stereocenters. The number of fused-ring (bicyclic) bond motifs is 1. The summed E-state index contributed by atoms with van der Waals surface area (Å²) in [7, 11) is 2.00. The zero-order valence-electron chi connectivity index (χ0n) is 12.6. The van der Waals surface area contributed by atoms with Gasteiger partial charge in [-0.05, 0) is 45.4 Å².